The second-order valence-electron chi connectivity index (χ2n) is 5.96. The van der Waals surface area contributed by atoms with Gasteiger partial charge in [0.05, 0.1) is 0 Å². The Kier molecular flexibility index (Phi) is 7.55. The molecule has 0 aliphatic rings. The van der Waals surface area contributed by atoms with Crippen LogP contribution < -0.4 is 0 Å². The summed E-state index contributed by atoms with van der Waals surface area (Å²) < 4.78 is 208. The molecule has 0 nitrogen and oxygen atoms in total. The lowest BCUT2D eigenvalue weighted by Crippen LogP contribution is -2.73. The first kappa shape index (κ1) is 27.9. The molecule has 0 amide bonds. The molecular weight excluding hydrogens is 460 g/mol. The number of unbranched alkanes of at least 4 members (excludes halogenated alkanes) is 2. The lowest BCUT2D eigenvalue weighted by molar-refractivity contribution is -0.447. The minimum atomic E-state index is -8.31. The van der Waals surface area contributed by atoms with Crippen molar-refractivity contribution in [2.75, 3.05) is 0 Å². The molecule has 0 fully saturated rings. The Morgan fingerprint density at radius 3 is 1.21 bits per heavy atom. The zero-order valence-corrected chi connectivity index (χ0v) is 14.0. The molecule has 0 saturated carbocycles. The molecule has 0 radical (unpaired) electrons. The second kappa shape index (κ2) is 7.85. The summed E-state index contributed by atoms with van der Waals surface area (Å²) >= 11 is 0. The van der Waals surface area contributed by atoms with Gasteiger partial charge >= 0.3 is 47.9 Å². The van der Waals surface area contributed by atoms with Crippen molar-refractivity contribution in [1.29, 1.82) is 0 Å². The van der Waals surface area contributed by atoms with Gasteiger partial charge in [0.1, 0.15) is 0 Å². The molecule has 0 aromatic rings. The number of rotatable bonds is 11. The zero-order valence-electron chi connectivity index (χ0n) is 14.0. The Balaban J connectivity index is 6.38. The van der Waals surface area contributed by atoms with E-state index in [1.54, 1.807) is 0 Å². The normalized spacial score (nSPS) is 15.9. The molecule has 0 unspecified atom stereocenters. The van der Waals surface area contributed by atoms with Crippen LogP contribution in [0.25, 0.3) is 0 Å². The average molecular weight is 472 g/mol. The molecule has 16 heteroatoms. The molecule has 0 spiro atoms. The van der Waals surface area contributed by atoms with Crippen LogP contribution in [0.1, 0.15) is 32.6 Å². The summed E-state index contributed by atoms with van der Waals surface area (Å²) in [5, 5.41) is 0. The minimum Gasteiger partial charge on any atom is -0.203 e. The van der Waals surface area contributed by atoms with Crippen molar-refractivity contribution in [3.05, 3.63) is 0 Å². The third kappa shape index (κ3) is 3.95. The average Bonchev–Trinajstić information content (AvgIpc) is 2.53. The second-order valence-corrected chi connectivity index (χ2v) is 5.96. The maximum atomic E-state index is 13.4. The molecule has 0 aromatic carbocycles. The maximum absolute atomic E-state index is 13.4. The van der Waals surface area contributed by atoms with Crippen LogP contribution in [-0.4, -0.2) is 47.9 Å². The quantitative estimate of drug-likeness (QED) is 0.219. The van der Waals surface area contributed by atoms with E-state index in [4.69, 9.17) is 0 Å². The molecule has 0 bridgehead atoms. The highest BCUT2D eigenvalue weighted by Crippen LogP contribution is 2.63. The summed E-state index contributed by atoms with van der Waals surface area (Å²) in [5.74, 6) is -53.7. The van der Waals surface area contributed by atoms with Crippen LogP contribution in [0.3, 0.4) is 0 Å². The van der Waals surface area contributed by atoms with E-state index in [2.05, 4.69) is 0 Å². The summed E-state index contributed by atoms with van der Waals surface area (Å²) in [6, 6.07) is 0. The summed E-state index contributed by atoms with van der Waals surface area (Å²) in [6.45, 7) is 1.30. The molecule has 0 rings (SSSR count). The molecule has 0 atom stereocenters. The minimum absolute atomic E-state index is 0.0151. The number of hydrogen-bond acceptors (Lipinski definition) is 0. The van der Waals surface area contributed by atoms with Gasteiger partial charge in [0, 0.05) is 6.42 Å². The summed E-state index contributed by atoms with van der Waals surface area (Å²) in [6.07, 6.45) is -9.46. The van der Waals surface area contributed by atoms with E-state index in [-0.39, 0.29) is 12.8 Å². The molecule has 29 heavy (non-hydrogen) atoms. The molecule has 0 saturated heterocycles. The Morgan fingerprint density at radius 1 is 0.517 bits per heavy atom. The Labute approximate surface area is 152 Å². The van der Waals surface area contributed by atoms with Crippen molar-refractivity contribution in [3.8, 4) is 0 Å². The highest BCUT2D eigenvalue weighted by atomic mass is 19.4. The molecule has 0 N–H and O–H groups in total. The van der Waals surface area contributed by atoms with E-state index in [9.17, 15) is 70.2 Å². The Morgan fingerprint density at radius 2 is 0.862 bits per heavy atom. The monoisotopic (exact) mass is 472 g/mol. The molecular formula is C13H12F16. The van der Waals surface area contributed by atoms with Gasteiger partial charge in [0.15, 0.2) is 0 Å². The summed E-state index contributed by atoms with van der Waals surface area (Å²) in [5.41, 5.74) is 0. The molecule has 0 aliphatic carbocycles. The van der Waals surface area contributed by atoms with Crippen molar-refractivity contribution >= 4 is 0 Å². The van der Waals surface area contributed by atoms with Crippen LogP contribution in [0, 0.1) is 0 Å². The predicted octanol–water partition coefficient (Wildman–Crippen LogP) is 7.28. The Hall–Kier alpha value is -1.12. The first-order valence-electron chi connectivity index (χ1n) is 7.43. The third-order valence-electron chi connectivity index (χ3n) is 3.82. The summed E-state index contributed by atoms with van der Waals surface area (Å²) in [7, 11) is 0. The van der Waals surface area contributed by atoms with Gasteiger partial charge in [-0.3, -0.25) is 0 Å². The van der Waals surface area contributed by atoms with Crippen LogP contribution in [-0.2, 0) is 0 Å². The maximum Gasteiger partial charge on any atom is 0.384 e. The molecule has 0 aliphatic heterocycles. The van der Waals surface area contributed by atoms with E-state index in [1.807, 2.05) is 0 Å². The highest BCUT2D eigenvalue weighted by Gasteiger charge is 2.93. The lowest BCUT2D eigenvalue weighted by Gasteiger charge is -2.42. The van der Waals surface area contributed by atoms with Crippen molar-refractivity contribution < 1.29 is 70.2 Å². The van der Waals surface area contributed by atoms with Crippen LogP contribution in [0.15, 0.2) is 0 Å². The first-order chi connectivity index (χ1) is 12.5. The van der Waals surface area contributed by atoms with Crippen molar-refractivity contribution in [1.82, 2.24) is 0 Å². The van der Waals surface area contributed by atoms with Crippen molar-refractivity contribution in [2.45, 2.75) is 80.5 Å². The highest BCUT2D eigenvalue weighted by molar-refractivity contribution is 5.14. The topological polar surface area (TPSA) is 0 Å². The van der Waals surface area contributed by atoms with E-state index in [0.29, 0.717) is 0 Å². The largest absolute Gasteiger partial charge is 0.384 e. The zero-order chi connectivity index (χ0) is 23.9. The van der Waals surface area contributed by atoms with Crippen LogP contribution >= 0.6 is 0 Å². The van der Waals surface area contributed by atoms with Crippen molar-refractivity contribution in [3.63, 3.8) is 0 Å². The lowest BCUT2D eigenvalue weighted by atomic mass is 9.88. The van der Waals surface area contributed by atoms with Gasteiger partial charge in [0.25, 0.3) is 0 Å². The van der Waals surface area contributed by atoms with E-state index in [1.165, 1.54) is 6.92 Å². The van der Waals surface area contributed by atoms with Crippen LogP contribution in [0.4, 0.5) is 70.2 Å². The first-order valence-corrected chi connectivity index (χ1v) is 7.43. The van der Waals surface area contributed by atoms with Crippen molar-refractivity contribution in [2.24, 2.45) is 0 Å². The standard InChI is InChI=1S/C13H12F16/c1-2-3-4-5-7(16,17)9(20,21)11(24,25)13(28,29)12(26,27)10(22,23)8(18,19)6(14)15/h6H,2-5H2,1H3. The summed E-state index contributed by atoms with van der Waals surface area (Å²) in [4.78, 5) is 0. The van der Waals surface area contributed by atoms with E-state index >= 15 is 0 Å². The van der Waals surface area contributed by atoms with Gasteiger partial charge in [-0.15, -0.1) is 0 Å². The van der Waals surface area contributed by atoms with Gasteiger partial charge in [0.2, 0.25) is 0 Å². The van der Waals surface area contributed by atoms with Gasteiger partial charge in [-0.2, -0.15) is 61.5 Å². The van der Waals surface area contributed by atoms with Crippen LogP contribution in [0.5, 0.6) is 0 Å². The van der Waals surface area contributed by atoms with Crippen LogP contribution in [0.2, 0.25) is 0 Å². The fraction of sp³-hybridized carbons (Fsp3) is 1.00. The van der Waals surface area contributed by atoms with Gasteiger partial charge in [-0.05, 0) is 6.42 Å². The van der Waals surface area contributed by atoms with Gasteiger partial charge in [-0.1, -0.05) is 19.8 Å². The van der Waals surface area contributed by atoms with Gasteiger partial charge in [-0.25, -0.2) is 8.78 Å². The predicted molar refractivity (Wildman–Crippen MR) is 64.8 cm³/mol. The van der Waals surface area contributed by atoms with E-state index < -0.39 is 60.7 Å². The number of alkyl halides is 16. The fourth-order valence-electron chi connectivity index (χ4n) is 1.92. The molecule has 0 aromatic heterocycles. The third-order valence-corrected chi connectivity index (χ3v) is 3.82. The number of halogens is 16. The molecule has 176 valence electrons. The van der Waals surface area contributed by atoms with E-state index in [0.717, 1.165) is 0 Å². The SMILES string of the molecule is CCCCCC(F)(F)C(F)(F)C(F)(F)C(F)(F)C(F)(F)C(F)(F)C(F)(F)C(F)F. The van der Waals surface area contributed by atoms with Gasteiger partial charge < -0.3 is 0 Å². The number of hydrogen-bond donors (Lipinski definition) is 0. The fourth-order valence-corrected chi connectivity index (χ4v) is 1.92. The molecule has 0 heterocycles. The smallest absolute Gasteiger partial charge is 0.203 e. The Bertz CT molecular complexity index is 549.